The maximum Gasteiger partial charge on any atom is 0.146 e. The van der Waals surface area contributed by atoms with Gasteiger partial charge in [-0.3, -0.25) is 0 Å². The largest absolute Gasteiger partial charge is 0.456 e. The van der Waals surface area contributed by atoms with Gasteiger partial charge in [0, 0.05) is 0 Å². The molecule has 1 aliphatic rings. The maximum atomic E-state index is 9.56. The highest BCUT2D eigenvalue weighted by atomic mass is 35.5. The number of fused-ring (bicyclic) bond motifs is 1. The van der Waals surface area contributed by atoms with Crippen LogP contribution in [0, 0.1) is 0 Å². The van der Waals surface area contributed by atoms with Crippen LogP contribution in [-0.4, -0.2) is 5.11 Å². The van der Waals surface area contributed by atoms with E-state index in [1.165, 1.54) is 30.4 Å². The molecule has 1 aliphatic carbocycles. The summed E-state index contributed by atoms with van der Waals surface area (Å²) in [5, 5.41) is 10.1. The number of hydrogen-bond acceptors (Lipinski definition) is 2. The van der Waals surface area contributed by atoms with Crippen LogP contribution in [0.1, 0.15) is 42.6 Å². The third-order valence-corrected chi connectivity index (χ3v) is 4.28. The van der Waals surface area contributed by atoms with E-state index >= 15 is 0 Å². The fourth-order valence-corrected chi connectivity index (χ4v) is 2.99. The van der Waals surface area contributed by atoms with Crippen molar-refractivity contribution < 1.29 is 9.84 Å². The molecule has 1 atom stereocenters. The van der Waals surface area contributed by atoms with Crippen LogP contribution >= 0.6 is 11.6 Å². The molecule has 2 nitrogen and oxygen atoms in total. The Morgan fingerprint density at radius 3 is 2.52 bits per heavy atom. The lowest BCUT2D eigenvalue weighted by Gasteiger charge is -2.17. The average molecular weight is 303 g/mol. The van der Waals surface area contributed by atoms with Gasteiger partial charge in [-0.05, 0) is 73.6 Å². The summed E-state index contributed by atoms with van der Waals surface area (Å²) in [6.07, 6.45) is 4.29. The number of aliphatic hydroxyl groups is 1. The van der Waals surface area contributed by atoms with Crippen molar-refractivity contribution >= 4 is 11.6 Å². The summed E-state index contributed by atoms with van der Waals surface area (Å²) >= 11 is 6.23. The summed E-state index contributed by atoms with van der Waals surface area (Å²) in [5.74, 6) is 1.44. The Morgan fingerprint density at radius 2 is 1.81 bits per heavy atom. The summed E-state index contributed by atoms with van der Waals surface area (Å²) < 4.78 is 5.90. The van der Waals surface area contributed by atoms with Crippen LogP contribution in [0.3, 0.4) is 0 Å². The van der Waals surface area contributed by atoms with Gasteiger partial charge in [0.05, 0.1) is 11.1 Å². The highest BCUT2D eigenvalue weighted by Crippen LogP contribution is 2.33. The van der Waals surface area contributed by atoms with Gasteiger partial charge in [0.25, 0.3) is 0 Å². The highest BCUT2D eigenvalue weighted by Gasteiger charge is 2.12. The van der Waals surface area contributed by atoms with Crippen LogP contribution in [0.15, 0.2) is 36.4 Å². The van der Waals surface area contributed by atoms with E-state index in [2.05, 4.69) is 12.1 Å². The summed E-state index contributed by atoms with van der Waals surface area (Å²) in [7, 11) is 0. The molecule has 1 unspecified atom stereocenters. The smallest absolute Gasteiger partial charge is 0.146 e. The second-order valence-corrected chi connectivity index (χ2v) is 6.01. The van der Waals surface area contributed by atoms with E-state index in [9.17, 15) is 5.11 Å². The van der Waals surface area contributed by atoms with Crippen molar-refractivity contribution in [2.45, 2.75) is 38.7 Å². The van der Waals surface area contributed by atoms with Gasteiger partial charge in [-0.1, -0.05) is 23.7 Å². The highest BCUT2D eigenvalue weighted by molar-refractivity contribution is 6.32. The number of rotatable bonds is 3. The first-order valence-corrected chi connectivity index (χ1v) is 7.78. The predicted molar refractivity (Wildman–Crippen MR) is 85.2 cm³/mol. The van der Waals surface area contributed by atoms with Gasteiger partial charge in [-0.2, -0.15) is 0 Å². The molecule has 0 amide bonds. The van der Waals surface area contributed by atoms with Crippen LogP contribution in [0.4, 0.5) is 0 Å². The van der Waals surface area contributed by atoms with E-state index in [1.54, 1.807) is 13.0 Å². The van der Waals surface area contributed by atoms with Gasteiger partial charge < -0.3 is 9.84 Å². The van der Waals surface area contributed by atoms with Crippen LogP contribution in [0.5, 0.6) is 11.5 Å². The Bertz CT molecular complexity index is 650. The molecule has 110 valence electrons. The van der Waals surface area contributed by atoms with Crippen molar-refractivity contribution in [2.24, 2.45) is 0 Å². The van der Waals surface area contributed by atoms with E-state index in [1.807, 2.05) is 18.2 Å². The molecule has 0 aliphatic heterocycles. The van der Waals surface area contributed by atoms with Gasteiger partial charge in [-0.25, -0.2) is 0 Å². The molecule has 21 heavy (non-hydrogen) atoms. The third-order valence-electron chi connectivity index (χ3n) is 3.99. The Kier molecular flexibility index (Phi) is 4.18. The Morgan fingerprint density at radius 1 is 1.05 bits per heavy atom. The lowest BCUT2D eigenvalue weighted by atomic mass is 9.92. The molecule has 2 aromatic carbocycles. The van der Waals surface area contributed by atoms with Gasteiger partial charge in [-0.15, -0.1) is 0 Å². The molecule has 0 fully saturated rings. The molecule has 0 heterocycles. The molecule has 3 rings (SSSR count). The van der Waals surface area contributed by atoms with Crippen molar-refractivity contribution in [2.75, 3.05) is 0 Å². The number of aliphatic hydroxyl groups excluding tert-OH is 1. The zero-order valence-corrected chi connectivity index (χ0v) is 12.9. The molecule has 1 N–H and O–H groups in total. The molecule has 2 aromatic rings. The number of benzene rings is 2. The molecule has 0 aromatic heterocycles. The summed E-state index contributed by atoms with van der Waals surface area (Å²) in [6.45, 7) is 1.72. The standard InChI is InChI=1S/C18H19ClO2/c1-12(20)14-7-9-18(17(19)11-14)21-16-8-6-13-4-2-3-5-15(13)10-16/h6-12,20H,2-5H2,1H3. The minimum absolute atomic E-state index is 0.520. The number of aryl methyl sites for hydroxylation is 2. The van der Waals surface area contributed by atoms with Gasteiger partial charge in [0.1, 0.15) is 11.5 Å². The molecule has 0 saturated carbocycles. The van der Waals surface area contributed by atoms with E-state index in [0.29, 0.717) is 10.8 Å². The number of ether oxygens (including phenoxy) is 1. The first kappa shape index (κ1) is 14.4. The average Bonchev–Trinajstić information content (AvgIpc) is 2.49. The molecule has 0 bridgehead atoms. The summed E-state index contributed by atoms with van der Waals surface area (Å²) in [5.41, 5.74) is 3.61. The fourth-order valence-electron chi connectivity index (χ4n) is 2.76. The Hall–Kier alpha value is -1.51. The monoisotopic (exact) mass is 302 g/mol. The van der Waals surface area contributed by atoms with Gasteiger partial charge in [0.2, 0.25) is 0 Å². The molecule has 3 heteroatoms. The van der Waals surface area contributed by atoms with E-state index in [-0.39, 0.29) is 0 Å². The maximum absolute atomic E-state index is 9.56. The topological polar surface area (TPSA) is 29.5 Å². The zero-order chi connectivity index (χ0) is 14.8. The molecule has 0 saturated heterocycles. The lowest BCUT2D eigenvalue weighted by Crippen LogP contribution is -2.02. The van der Waals surface area contributed by atoms with Gasteiger partial charge in [0.15, 0.2) is 0 Å². The third kappa shape index (κ3) is 3.22. The second-order valence-electron chi connectivity index (χ2n) is 5.61. The van der Waals surface area contributed by atoms with Crippen LogP contribution in [-0.2, 0) is 12.8 Å². The summed E-state index contributed by atoms with van der Waals surface area (Å²) in [6, 6.07) is 11.7. The Labute approximate surface area is 130 Å². The van der Waals surface area contributed by atoms with Crippen molar-refractivity contribution in [3.8, 4) is 11.5 Å². The van der Waals surface area contributed by atoms with Crippen molar-refractivity contribution in [3.63, 3.8) is 0 Å². The first-order valence-electron chi connectivity index (χ1n) is 7.40. The fraction of sp³-hybridized carbons (Fsp3) is 0.333. The predicted octanol–water partition coefficient (Wildman–Crippen LogP) is 5.06. The van der Waals surface area contributed by atoms with Crippen molar-refractivity contribution in [3.05, 3.63) is 58.1 Å². The number of hydrogen-bond donors (Lipinski definition) is 1. The van der Waals surface area contributed by atoms with Crippen molar-refractivity contribution in [1.29, 1.82) is 0 Å². The lowest BCUT2D eigenvalue weighted by molar-refractivity contribution is 0.199. The minimum Gasteiger partial charge on any atom is -0.456 e. The Balaban J connectivity index is 1.83. The van der Waals surface area contributed by atoms with E-state index in [0.717, 1.165) is 17.7 Å². The second kappa shape index (κ2) is 6.08. The van der Waals surface area contributed by atoms with E-state index < -0.39 is 6.10 Å². The molecular weight excluding hydrogens is 284 g/mol. The van der Waals surface area contributed by atoms with Crippen LogP contribution < -0.4 is 4.74 Å². The SMILES string of the molecule is CC(O)c1ccc(Oc2ccc3c(c2)CCCC3)c(Cl)c1. The quantitative estimate of drug-likeness (QED) is 0.858. The molecular formula is C18H19ClO2. The van der Waals surface area contributed by atoms with Crippen molar-refractivity contribution in [1.82, 2.24) is 0 Å². The van der Waals surface area contributed by atoms with Crippen LogP contribution in [0.25, 0.3) is 0 Å². The first-order chi connectivity index (χ1) is 10.1. The molecule has 0 spiro atoms. The zero-order valence-electron chi connectivity index (χ0n) is 12.1. The van der Waals surface area contributed by atoms with Gasteiger partial charge >= 0.3 is 0 Å². The van der Waals surface area contributed by atoms with E-state index in [4.69, 9.17) is 16.3 Å². The minimum atomic E-state index is -0.528. The summed E-state index contributed by atoms with van der Waals surface area (Å²) in [4.78, 5) is 0. The molecule has 0 radical (unpaired) electrons. The normalized spacial score (nSPS) is 15.4. The number of halogens is 1. The van der Waals surface area contributed by atoms with Crippen LogP contribution in [0.2, 0.25) is 5.02 Å².